The number of likely N-dealkylation sites (tertiary alicyclic amines) is 1. The first-order chi connectivity index (χ1) is 11.7. The van der Waals surface area contributed by atoms with Crippen molar-refractivity contribution in [3.8, 4) is 0 Å². The summed E-state index contributed by atoms with van der Waals surface area (Å²) in [5.41, 5.74) is 1.64. The van der Waals surface area contributed by atoms with Crippen molar-refractivity contribution in [1.82, 2.24) is 4.90 Å². The van der Waals surface area contributed by atoms with Gasteiger partial charge in [-0.05, 0) is 50.4 Å². The highest BCUT2D eigenvalue weighted by atomic mass is 16.2. The maximum absolute atomic E-state index is 12.4. The third-order valence-electron chi connectivity index (χ3n) is 5.08. The standard InChI is InChI=1S/C19H27N3O2/c1-2-16-8-3-4-11-21(16)14-18(23)20-15-7-5-9-17(13-15)22-12-6-10-19(22)24/h5,7,9,13,16H,2-4,6,8,10-12,14H2,1H3,(H,20,23)/t16-/m0/s1. The fraction of sp³-hybridized carbons (Fsp3) is 0.579. The molecule has 130 valence electrons. The Morgan fingerprint density at radius 1 is 1.25 bits per heavy atom. The predicted octanol–water partition coefficient (Wildman–Crippen LogP) is 3.02. The number of nitrogens with one attached hydrogen (secondary N) is 1. The van der Waals surface area contributed by atoms with Crippen molar-refractivity contribution < 1.29 is 9.59 Å². The van der Waals surface area contributed by atoms with Crippen LogP contribution in [0.1, 0.15) is 45.4 Å². The zero-order chi connectivity index (χ0) is 16.9. The Bertz CT molecular complexity index is 602. The molecule has 2 fully saturated rings. The van der Waals surface area contributed by atoms with Crippen LogP contribution in [0.25, 0.3) is 0 Å². The SMILES string of the molecule is CC[C@H]1CCCCN1CC(=O)Nc1cccc(N2CCCC2=O)c1. The molecule has 0 radical (unpaired) electrons. The quantitative estimate of drug-likeness (QED) is 0.903. The molecule has 2 heterocycles. The van der Waals surface area contributed by atoms with Gasteiger partial charge in [0.2, 0.25) is 11.8 Å². The summed E-state index contributed by atoms with van der Waals surface area (Å²) in [4.78, 5) is 28.4. The van der Waals surface area contributed by atoms with Crippen LogP contribution in [0.4, 0.5) is 11.4 Å². The molecular weight excluding hydrogens is 302 g/mol. The first-order valence-corrected chi connectivity index (χ1v) is 9.11. The van der Waals surface area contributed by atoms with Gasteiger partial charge < -0.3 is 10.2 Å². The summed E-state index contributed by atoms with van der Waals surface area (Å²) < 4.78 is 0. The minimum atomic E-state index is 0.0280. The van der Waals surface area contributed by atoms with Crippen molar-refractivity contribution in [2.45, 2.75) is 51.5 Å². The number of piperidine rings is 1. The van der Waals surface area contributed by atoms with Gasteiger partial charge in [-0.3, -0.25) is 14.5 Å². The van der Waals surface area contributed by atoms with Crippen LogP contribution in [0.2, 0.25) is 0 Å². The molecule has 0 unspecified atom stereocenters. The topological polar surface area (TPSA) is 52.7 Å². The van der Waals surface area contributed by atoms with Crippen LogP contribution >= 0.6 is 0 Å². The molecule has 1 aromatic carbocycles. The number of nitrogens with zero attached hydrogens (tertiary/aromatic N) is 2. The van der Waals surface area contributed by atoms with E-state index in [1.807, 2.05) is 24.3 Å². The van der Waals surface area contributed by atoms with Crippen molar-refractivity contribution >= 4 is 23.2 Å². The third kappa shape index (κ3) is 3.96. The minimum absolute atomic E-state index is 0.0280. The highest BCUT2D eigenvalue weighted by Crippen LogP contribution is 2.24. The number of amides is 2. The van der Waals surface area contributed by atoms with Crippen LogP contribution in [0.15, 0.2) is 24.3 Å². The lowest BCUT2D eigenvalue weighted by Crippen LogP contribution is -2.43. The lowest BCUT2D eigenvalue weighted by atomic mass is 10.00. The maximum Gasteiger partial charge on any atom is 0.238 e. The Morgan fingerprint density at radius 3 is 2.88 bits per heavy atom. The van der Waals surface area contributed by atoms with Gasteiger partial charge >= 0.3 is 0 Å². The van der Waals surface area contributed by atoms with E-state index in [4.69, 9.17) is 0 Å². The number of carbonyl (C=O) groups excluding carboxylic acids is 2. The summed E-state index contributed by atoms with van der Waals surface area (Å²) >= 11 is 0. The van der Waals surface area contributed by atoms with Crippen LogP contribution in [0.5, 0.6) is 0 Å². The van der Waals surface area contributed by atoms with Gasteiger partial charge in [-0.1, -0.05) is 19.4 Å². The van der Waals surface area contributed by atoms with E-state index in [0.717, 1.165) is 37.3 Å². The van der Waals surface area contributed by atoms with E-state index in [2.05, 4.69) is 17.1 Å². The van der Waals surface area contributed by atoms with Gasteiger partial charge in [0.1, 0.15) is 0 Å². The lowest BCUT2D eigenvalue weighted by molar-refractivity contribution is -0.118. The number of benzene rings is 1. The van der Waals surface area contributed by atoms with E-state index in [1.54, 1.807) is 4.90 Å². The molecule has 0 saturated carbocycles. The van der Waals surface area contributed by atoms with Crippen molar-refractivity contribution in [2.75, 3.05) is 29.9 Å². The van der Waals surface area contributed by atoms with Gasteiger partial charge in [0.05, 0.1) is 6.54 Å². The molecule has 0 bridgehead atoms. The fourth-order valence-corrected chi connectivity index (χ4v) is 3.79. The molecule has 24 heavy (non-hydrogen) atoms. The van der Waals surface area contributed by atoms with Gasteiger partial charge in [0, 0.05) is 30.4 Å². The fourth-order valence-electron chi connectivity index (χ4n) is 3.79. The lowest BCUT2D eigenvalue weighted by Gasteiger charge is -2.34. The molecule has 1 atom stereocenters. The zero-order valence-corrected chi connectivity index (χ0v) is 14.5. The van der Waals surface area contributed by atoms with Gasteiger partial charge in [-0.2, -0.15) is 0 Å². The first-order valence-electron chi connectivity index (χ1n) is 9.11. The van der Waals surface area contributed by atoms with Gasteiger partial charge in [-0.25, -0.2) is 0 Å². The summed E-state index contributed by atoms with van der Waals surface area (Å²) in [6, 6.07) is 8.13. The molecule has 2 aliphatic heterocycles. The van der Waals surface area contributed by atoms with E-state index in [9.17, 15) is 9.59 Å². The van der Waals surface area contributed by atoms with E-state index in [0.29, 0.717) is 19.0 Å². The van der Waals surface area contributed by atoms with Crippen LogP contribution in [0.3, 0.4) is 0 Å². The molecule has 5 nitrogen and oxygen atoms in total. The minimum Gasteiger partial charge on any atom is -0.325 e. The van der Waals surface area contributed by atoms with Crippen LogP contribution in [0, 0.1) is 0 Å². The molecule has 0 spiro atoms. The second-order valence-corrected chi connectivity index (χ2v) is 6.78. The molecule has 3 rings (SSSR count). The molecular formula is C19H27N3O2. The molecule has 0 aromatic heterocycles. The van der Waals surface area contributed by atoms with Gasteiger partial charge in [0.15, 0.2) is 0 Å². The van der Waals surface area contributed by atoms with Crippen molar-refractivity contribution in [2.24, 2.45) is 0 Å². The maximum atomic E-state index is 12.4. The molecule has 2 amide bonds. The number of rotatable bonds is 5. The predicted molar refractivity (Wildman–Crippen MR) is 96.2 cm³/mol. The largest absolute Gasteiger partial charge is 0.325 e. The van der Waals surface area contributed by atoms with E-state index in [-0.39, 0.29) is 11.8 Å². The van der Waals surface area contributed by atoms with E-state index in [1.165, 1.54) is 19.3 Å². The summed E-state index contributed by atoms with van der Waals surface area (Å²) in [7, 11) is 0. The Kier molecular flexibility index (Phi) is 5.51. The summed E-state index contributed by atoms with van der Waals surface area (Å²) in [6.07, 6.45) is 6.25. The molecule has 0 aliphatic carbocycles. The summed E-state index contributed by atoms with van der Waals surface area (Å²) in [6.45, 7) is 4.42. The normalized spacial score (nSPS) is 22.0. The Morgan fingerprint density at radius 2 is 2.12 bits per heavy atom. The number of hydrogen-bond donors (Lipinski definition) is 1. The smallest absolute Gasteiger partial charge is 0.238 e. The summed E-state index contributed by atoms with van der Waals surface area (Å²) in [5, 5.41) is 2.99. The number of carbonyl (C=O) groups is 2. The molecule has 2 aliphatic rings. The molecule has 1 aromatic rings. The Hall–Kier alpha value is -1.88. The molecule has 5 heteroatoms. The van der Waals surface area contributed by atoms with Gasteiger partial charge in [0.25, 0.3) is 0 Å². The van der Waals surface area contributed by atoms with Crippen molar-refractivity contribution in [1.29, 1.82) is 0 Å². The second-order valence-electron chi connectivity index (χ2n) is 6.78. The number of hydrogen-bond acceptors (Lipinski definition) is 3. The molecule has 1 N–H and O–H groups in total. The van der Waals surface area contributed by atoms with E-state index >= 15 is 0 Å². The molecule has 2 saturated heterocycles. The van der Waals surface area contributed by atoms with Crippen molar-refractivity contribution in [3.63, 3.8) is 0 Å². The average Bonchev–Trinajstić information content (AvgIpc) is 3.01. The average molecular weight is 329 g/mol. The third-order valence-corrected chi connectivity index (χ3v) is 5.08. The Balaban J connectivity index is 1.61. The van der Waals surface area contributed by atoms with Crippen LogP contribution in [-0.2, 0) is 9.59 Å². The number of anilines is 2. The van der Waals surface area contributed by atoms with Crippen molar-refractivity contribution in [3.05, 3.63) is 24.3 Å². The summed E-state index contributed by atoms with van der Waals surface area (Å²) in [5.74, 6) is 0.192. The zero-order valence-electron chi connectivity index (χ0n) is 14.5. The van der Waals surface area contributed by atoms with E-state index < -0.39 is 0 Å². The van der Waals surface area contributed by atoms with Crippen LogP contribution < -0.4 is 10.2 Å². The Labute approximate surface area is 144 Å². The second kappa shape index (κ2) is 7.79. The van der Waals surface area contributed by atoms with Crippen LogP contribution in [-0.4, -0.2) is 42.4 Å². The highest BCUT2D eigenvalue weighted by molar-refractivity contribution is 5.97. The highest BCUT2D eigenvalue weighted by Gasteiger charge is 2.24. The van der Waals surface area contributed by atoms with Gasteiger partial charge in [-0.15, -0.1) is 0 Å². The first kappa shape index (κ1) is 17.0. The monoisotopic (exact) mass is 329 g/mol.